The molecule has 2 N–H and O–H groups in total. The predicted octanol–water partition coefficient (Wildman–Crippen LogP) is 0.712. The summed E-state index contributed by atoms with van der Waals surface area (Å²) in [5.41, 5.74) is 0. The number of methoxy groups -OCH3 is 2. The molecule has 0 rings (SSSR count). The number of ether oxygens (including phenoxy) is 4. The molecule has 0 aromatic rings. The van der Waals surface area contributed by atoms with Crippen LogP contribution in [0.3, 0.4) is 0 Å². The van der Waals surface area contributed by atoms with E-state index in [1.54, 1.807) is 0 Å². The highest BCUT2D eigenvalue weighted by atomic mass is 16.9. The van der Waals surface area contributed by atoms with Gasteiger partial charge >= 0.3 is 18.3 Å². The first-order chi connectivity index (χ1) is 6.95. The number of hydrogen-bond donors (Lipinski definition) is 2. The molecule has 0 radical (unpaired) electrons. The van der Waals surface area contributed by atoms with Gasteiger partial charge in [0.15, 0.2) is 0 Å². The highest BCUT2D eigenvalue weighted by molar-refractivity contribution is 5.57. The van der Waals surface area contributed by atoms with Gasteiger partial charge in [-0.25, -0.2) is 9.59 Å². The number of hydrogen-bond acceptors (Lipinski definition) is 6. The van der Waals surface area contributed by atoms with Crippen LogP contribution in [-0.4, -0.2) is 49.3 Å². The molecular formula is C7H12O8. The highest BCUT2D eigenvalue weighted by Gasteiger charge is 2.35. The molecule has 0 aromatic carbocycles. The third-order valence-corrected chi connectivity index (χ3v) is 1.50. The van der Waals surface area contributed by atoms with Crippen molar-refractivity contribution in [2.45, 2.75) is 12.4 Å². The molecule has 0 aliphatic rings. The lowest BCUT2D eigenvalue weighted by Crippen LogP contribution is -2.40. The van der Waals surface area contributed by atoms with Crippen molar-refractivity contribution in [3.8, 4) is 0 Å². The Balaban J connectivity index is 4.23. The first-order valence-corrected chi connectivity index (χ1v) is 3.83. The van der Waals surface area contributed by atoms with E-state index in [4.69, 9.17) is 10.2 Å². The zero-order chi connectivity index (χ0) is 11.9. The summed E-state index contributed by atoms with van der Waals surface area (Å²) in [4.78, 5) is 20.3. The van der Waals surface area contributed by atoms with Crippen molar-refractivity contribution in [1.82, 2.24) is 0 Å². The van der Waals surface area contributed by atoms with Crippen molar-refractivity contribution in [2.75, 3.05) is 20.8 Å². The molecule has 0 spiro atoms. The highest BCUT2D eigenvalue weighted by Crippen LogP contribution is 2.18. The lowest BCUT2D eigenvalue weighted by Gasteiger charge is -2.27. The largest absolute Gasteiger partial charge is 0.510 e. The number of rotatable bonds is 6. The van der Waals surface area contributed by atoms with Crippen LogP contribution in [0.5, 0.6) is 0 Å². The van der Waals surface area contributed by atoms with Gasteiger partial charge in [0.05, 0.1) is 6.42 Å². The fraction of sp³-hybridized carbons (Fsp3) is 0.714. The lowest BCUT2D eigenvalue weighted by molar-refractivity contribution is -0.344. The topological polar surface area (TPSA) is 112 Å². The van der Waals surface area contributed by atoms with Crippen LogP contribution in [0.4, 0.5) is 9.59 Å². The quantitative estimate of drug-likeness (QED) is 0.501. The molecule has 0 bridgehead atoms. The minimum absolute atomic E-state index is 0.210. The van der Waals surface area contributed by atoms with Gasteiger partial charge in [-0.1, -0.05) is 0 Å². The van der Waals surface area contributed by atoms with Crippen LogP contribution in [0.25, 0.3) is 0 Å². The minimum Gasteiger partial charge on any atom is -0.450 e. The second kappa shape index (κ2) is 6.04. The van der Waals surface area contributed by atoms with E-state index >= 15 is 0 Å². The Morgan fingerprint density at radius 2 is 1.67 bits per heavy atom. The normalized spacial score (nSPS) is 10.8. The van der Waals surface area contributed by atoms with Crippen molar-refractivity contribution >= 4 is 12.3 Å². The maximum atomic E-state index is 10.3. The molecule has 0 aromatic heterocycles. The fourth-order valence-electron chi connectivity index (χ4n) is 0.818. The molecule has 0 fully saturated rings. The van der Waals surface area contributed by atoms with E-state index in [-0.39, 0.29) is 13.0 Å². The number of carbonyl (C=O) groups is 2. The summed E-state index contributed by atoms with van der Waals surface area (Å²) in [6, 6.07) is 0. The second-order valence-electron chi connectivity index (χ2n) is 2.32. The Bertz CT molecular complexity index is 221. The molecule has 0 saturated carbocycles. The van der Waals surface area contributed by atoms with E-state index in [2.05, 4.69) is 18.9 Å². The van der Waals surface area contributed by atoms with E-state index in [1.807, 2.05) is 0 Å². The van der Waals surface area contributed by atoms with Crippen molar-refractivity contribution in [2.24, 2.45) is 0 Å². The summed E-state index contributed by atoms with van der Waals surface area (Å²) < 4.78 is 17.8. The van der Waals surface area contributed by atoms with Gasteiger partial charge in [0.1, 0.15) is 6.61 Å². The number of carboxylic acid groups (broad SMARTS) is 2. The van der Waals surface area contributed by atoms with Crippen molar-refractivity contribution in [1.29, 1.82) is 0 Å². The van der Waals surface area contributed by atoms with Gasteiger partial charge < -0.3 is 29.2 Å². The monoisotopic (exact) mass is 224 g/mol. The molecule has 0 amide bonds. The molecule has 8 nitrogen and oxygen atoms in total. The molecule has 8 heteroatoms. The Morgan fingerprint density at radius 1 is 1.13 bits per heavy atom. The smallest absolute Gasteiger partial charge is 0.450 e. The predicted molar refractivity (Wildman–Crippen MR) is 44.5 cm³/mol. The van der Waals surface area contributed by atoms with E-state index in [0.29, 0.717) is 0 Å². The first-order valence-electron chi connectivity index (χ1n) is 3.83. The van der Waals surface area contributed by atoms with Crippen LogP contribution in [0.2, 0.25) is 0 Å². The molecule has 88 valence electrons. The first kappa shape index (κ1) is 13.5. The van der Waals surface area contributed by atoms with Gasteiger partial charge in [-0.2, -0.15) is 0 Å². The minimum atomic E-state index is -1.85. The maximum absolute atomic E-state index is 10.3. The van der Waals surface area contributed by atoms with Gasteiger partial charge in [0.2, 0.25) is 0 Å². The second-order valence-corrected chi connectivity index (χ2v) is 2.32. The molecule has 0 unspecified atom stereocenters. The van der Waals surface area contributed by atoms with Crippen molar-refractivity contribution in [3.05, 3.63) is 0 Å². The van der Waals surface area contributed by atoms with Gasteiger partial charge in [0.25, 0.3) is 0 Å². The van der Waals surface area contributed by atoms with Gasteiger partial charge in [-0.05, 0) is 0 Å². The Morgan fingerprint density at radius 3 is 2.00 bits per heavy atom. The maximum Gasteiger partial charge on any atom is 0.510 e. The molecule has 0 aliphatic heterocycles. The summed E-state index contributed by atoms with van der Waals surface area (Å²) >= 11 is 0. The molecule has 0 aliphatic carbocycles. The van der Waals surface area contributed by atoms with Crippen LogP contribution < -0.4 is 0 Å². The van der Waals surface area contributed by atoms with E-state index in [9.17, 15) is 9.59 Å². The molecular weight excluding hydrogens is 212 g/mol. The Labute approximate surface area is 85.3 Å². The average molecular weight is 224 g/mol. The van der Waals surface area contributed by atoms with E-state index in [1.165, 1.54) is 0 Å². The zero-order valence-corrected chi connectivity index (χ0v) is 8.26. The standard InChI is InChI=1S/C7H12O8/c1-12-7(13-2,15-6(10)11)3-4-14-5(8)9/h3-4H2,1-2H3,(H,8,9)(H,10,11). The van der Waals surface area contributed by atoms with Gasteiger partial charge in [-0.3, -0.25) is 0 Å². The summed E-state index contributed by atoms with van der Waals surface area (Å²) in [5.74, 6) is -1.85. The lowest BCUT2D eigenvalue weighted by atomic mass is 10.4. The Hall–Kier alpha value is -1.54. The molecule has 0 atom stereocenters. The Kier molecular flexibility index (Phi) is 5.42. The third kappa shape index (κ3) is 5.03. The molecule has 0 heterocycles. The van der Waals surface area contributed by atoms with Crippen molar-refractivity contribution < 1.29 is 38.7 Å². The van der Waals surface area contributed by atoms with Gasteiger partial charge in [0, 0.05) is 14.2 Å². The van der Waals surface area contributed by atoms with Crippen LogP contribution in [-0.2, 0) is 18.9 Å². The summed E-state index contributed by atoms with van der Waals surface area (Å²) in [7, 11) is 2.32. The zero-order valence-electron chi connectivity index (χ0n) is 8.26. The van der Waals surface area contributed by atoms with Crippen LogP contribution in [0.15, 0.2) is 0 Å². The van der Waals surface area contributed by atoms with Crippen molar-refractivity contribution in [3.63, 3.8) is 0 Å². The fourth-order valence-corrected chi connectivity index (χ4v) is 0.818. The van der Waals surface area contributed by atoms with Gasteiger partial charge in [-0.15, -0.1) is 0 Å². The summed E-state index contributed by atoms with van der Waals surface area (Å²) in [5, 5.41) is 16.6. The summed E-state index contributed by atoms with van der Waals surface area (Å²) in [6.45, 7) is -0.315. The van der Waals surface area contributed by atoms with E-state index in [0.717, 1.165) is 14.2 Å². The molecule has 15 heavy (non-hydrogen) atoms. The third-order valence-electron chi connectivity index (χ3n) is 1.50. The van der Waals surface area contributed by atoms with Crippen LogP contribution >= 0.6 is 0 Å². The average Bonchev–Trinajstić information content (AvgIpc) is 2.15. The van der Waals surface area contributed by atoms with Crippen LogP contribution in [0, 0.1) is 0 Å². The van der Waals surface area contributed by atoms with E-state index < -0.39 is 18.3 Å². The summed E-state index contributed by atoms with van der Waals surface area (Å²) in [6.07, 6.45) is -3.29. The SMILES string of the molecule is COC(CCOC(=O)O)(OC)OC(=O)O. The molecule has 0 saturated heterocycles. The van der Waals surface area contributed by atoms with Crippen LogP contribution in [0.1, 0.15) is 6.42 Å².